The Bertz CT molecular complexity index is 1540. The van der Waals surface area contributed by atoms with E-state index in [4.69, 9.17) is 9.98 Å². The molecule has 0 aliphatic carbocycles. The van der Waals surface area contributed by atoms with Gasteiger partial charge < -0.3 is 4.98 Å². The van der Waals surface area contributed by atoms with Crippen LogP contribution in [0.15, 0.2) is 65.9 Å². The molecule has 0 unspecified atom stereocenters. The van der Waals surface area contributed by atoms with Crippen molar-refractivity contribution in [3.05, 3.63) is 72.3 Å². The summed E-state index contributed by atoms with van der Waals surface area (Å²) in [7, 11) is -2.10. The fourth-order valence-corrected chi connectivity index (χ4v) is 7.45. The molecular weight excluding hydrogens is 585 g/mol. The highest BCUT2D eigenvalue weighted by Gasteiger charge is 2.30. The molecule has 3 aromatic rings. The Hall–Kier alpha value is -2.68. The Morgan fingerprint density at radius 3 is 1.84 bits per heavy atom. The van der Waals surface area contributed by atoms with Crippen molar-refractivity contribution in [2.45, 2.75) is 97.1 Å². The van der Waals surface area contributed by atoms with Crippen LogP contribution < -0.4 is 4.72 Å². The van der Waals surface area contributed by atoms with Crippen LogP contribution in [-0.4, -0.2) is 45.4 Å². The van der Waals surface area contributed by atoms with Crippen molar-refractivity contribution in [3.8, 4) is 22.4 Å². The molecule has 44 heavy (non-hydrogen) atoms. The molecule has 0 amide bonds. The molecule has 0 saturated carbocycles. The van der Waals surface area contributed by atoms with Crippen LogP contribution in [0.2, 0.25) is 0 Å². The van der Waals surface area contributed by atoms with Gasteiger partial charge in [-0.25, -0.2) is 13.9 Å². The predicted molar refractivity (Wildman–Crippen MR) is 189 cm³/mol. The summed E-state index contributed by atoms with van der Waals surface area (Å²) in [6.45, 7) is 20.7. The first-order valence-electron chi connectivity index (χ1n) is 15.6. The number of nitrogens with zero attached hydrogens (tertiary/aromatic N) is 2. The van der Waals surface area contributed by atoms with Crippen molar-refractivity contribution in [3.63, 3.8) is 0 Å². The number of aromatic amines is 1. The third-order valence-corrected chi connectivity index (χ3v) is 11.7. The SMILES string of the molecule is CC(C)[C@H](N[S@@](=O)C(C)(C)C)C1=NC=C(c2ccc(-c3ccc(-c4cnc([C@@H](C[S@](=O)C(C)(C)C)C(C)C)[nH]4)cc3)cc2)C1. The van der Waals surface area contributed by atoms with E-state index in [1.54, 1.807) is 0 Å². The molecule has 1 aliphatic rings. The van der Waals surface area contributed by atoms with Gasteiger partial charge in [-0.15, -0.1) is 0 Å². The molecule has 0 fully saturated rings. The molecule has 2 heterocycles. The number of allylic oxidation sites excluding steroid dienone is 1. The van der Waals surface area contributed by atoms with Crippen LogP contribution in [-0.2, 0) is 21.8 Å². The number of nitrogens with one attached hydrogen (secondary N) is 2. The maximum absolute atomic E-state index is 12.9. The average Bonchev–Trinajstić information content (AvgIpc) is 3.64. The quantitative estimate of drug-likeness (QED) is 0.223. The van der Waals surface area contributed by atoms with E-state index in [1.807, 2.05) is 53.9 Å². The molecular formula is C36H50N4O2S2. The van der Waals surface area contributed by atoms with Crippen LogP contribution in [0.25, 0.3) is 28.0 Å². The van der Waals surface area contributed by atoms with Gasteiger partial charge >= 0.3 is 0 Å². The third-order valence-electron chi connectivity index (χ3n) is 8.12. The first kappa shape index (κ1) is 34.2. The van der Waals surface area contributed by atoms with E-state index in [0.29, 0.717) is 11.7 Å². The van der Waals surface area contributed by atoms with Crippen LogP contribution in [0.3, 0.4) is 0 Å². The highest BCUT2D eigenvalue weighted by Crippen LogP contribution is 2.31. The summed E-state index contributed by atoms with van der Waals surface area (Å²) in [5.74, 6) is 2.22. The van der Waals surface area contributed by atoms with Crippen LogP contribution in [0.5, 0.6) is 0 Å². The lowest BCUT2D eigenvalue weighted by Crippen LogP contribution is -2.46. The summed E-state index contributed by atoms with van der Waals surface area (Å²) < 4.78 is 28.4. The van der Waals surface area contributed by atoms with E-state index in [2.05, 4.69) is 85.9 Å². The fourth-order valence-electron chi connectivity index (χ4n) is 5.09. The standard InChI is InChI=1S/C36H50N4O2S2/c1-23(2)30(22-43(41)35(5,6)7)34-38-21-32(39-34)28-17-15-26(16-18-28)25-11-13-27(14-12-25)29-19-31(37-20-29)33(24(3)4)40-44(42)36(8,9)10/h11-18,20-21,23-24,30,33,40H,19,22H2,1-10H3,(H,38,39)/t30-,33-,43-,44-/m0/s1. The number of hydrogen-bond donors (Lipinski definition) is 2. The van der Waals surface area contributed by atoms with Crippen molar-refractivity contribution >= 4 is 33.1 Å². The highest BCUT2D eigenvalue weighted by atomic mass is 32.2. The zero-order valence-corrected chi connectivity index (χ0v) is 29.7. The van der Waals surface area contributed by atoms with Crippen molar-refractivity contribution in [1.29, 1.82) is 0 Å². The summed E-state index contributed by atoms with van der Waals surface area (Å²) in [5.41, 5.74) is 7.71. The summed E-state index contributed by atoms with van der Waals surface area (Å²) in [6.07, 6.45) is 4.60. The number of aliphatic imine (C=N–C) groups is 1. The Morgan fingerprint density at radius 1 is 0.795 bits per heavy atom. The van der Waals surface area contributed by atoms with Gasteiger partial charge in [0.1, 0.15) is 5.82 Å². The van der Waals surface area contributed by atoms with E-state index in [-0.39, 0.29) is 27.4 Å². The lowest BCUT2D eigenvalue weighted by atomic mass is 9.93. The molecule has 0 spiro atoms. The van der Waals surface area contributed by atoms with E-state index < -0.39 is 21.8 Å². The van der Waals surface area contributed by atoms with Crippen LogP contribution in [0, 0.1) is 11.8 Å². The smallest absolute Gasteiger partial charge is 0.110 e. The number of imidazole rings is 1. The monoisotopic (exact) mass is 634 g/mol. The second-order valence-corrected chi connectivity index (χ2v) is 18.7. The van der Waals surface area contributed by atoms with Crippen molar-refractivity contribution < 1.29 is 8.42 Å². The second-order valence-electron chi connectivity index (χ2n) is 14.5. The van der Waals surface area contributed by atoms with E-state index in [0.717, 1.165) is 45.9 Å². The predicted octanol–water partition coefficient (Wildman–Crippen LogP) is 8.29. The first-order chi connectivity index (χ1) is 20.5. The van der Waals surface area contributed by atoms with E-state index >= 15 is 0 Å². The van der Waals surface area contributed by atoms with Gasteiger partial charge in [0.05, 0.1) is 33.7 Å². The lowest BCUT2D eigenvalue weighted by molar-refractivity contribution is 0.512. The molecule has 2 aromatic carbocycles. The number of aromatic nitrogens is 2. The molecule has 2 N–H and O–H groups in total. The zero-order chi connectivity index (χ0) is 32.4. The highest BCUT2D eigenvalue weighted by molar-refractivity contribution is 7.86. The topological polar surface area (TPSA) is 87.2 Å². The Balaban J connectivity index is 1.42. The lowest BCUT2D eigenvalue weighted by Gasteiger charge is -2.27. The van der Waals surface area contributed by atoms with Crippen molar-refractivity contribution in [1.82, 2.24) is 14.7 Å². The fraction of sp³-hybridized carbons (Fsp3) is 0.500. The number of benzene rings is 2. The maximum Gasteiger partial charge on any atom is 0.110 e. The van der Waals surface area contributed by atoms with Crippen molar-refractivity contribution in [2.75, 3.05) is 5.75 Å². The van der Waals surface area contributed by atoms with Crippen molar-refractivity contribution in [2.24, 2.45) is 16.8 Å². The molecule has 1 aliphatic heterocycles. The molecule has 238 valence electrons. The van der Waals surface area contributed by atoms with Crippen LogP contribution in [0.4, 0.5) is 0 Å². The molecule has 8 heteroatoms. The first-order valence-corrected chi connectivity index (χ1v) is 18.1. The number of hydrogen-bond acceptors (Lipinski definition) is 4. The second kappa shape index (κ2) is 13.8. The Morgan fingerprint density at radius 2 is 1.34 bits per heavy atom. The number of rotatable bonds is 11. The normalized spacial score (nSPS) is 17.0. The van der Waals surface area contributed by atoms with Crippen LogP contribution >= 0.6 is 0 Å². The largest absolute Gasteiger partial charge is 0.342 e. The zero-order valence-electron chi connectivity index (χ0n) is 28.0. The van der Waals surface area contributed by atoms with E-state index in [1.165, 1.54) is 5.57 Å². The van der Waals surface area contributed by atoms with Gasteiger partial charge in [0, 0.05) is 45.5 Å². The van der Waals surface area contributed by atoms with Gasteiger partial charge in [-0.1, -0.05) is 76.2 Å². The minimum atomic E-state index is -1.16. The third kappa shape index (κ3) is 8.32. The minimum Gasteiger partial charge on any atom is -0.342 e. The van der Waals surface area contributed by atoms with Gasteiger partial charge in [0.2, 0.25) is 0 Å². The van der Waals surface area contributed by atoms with Gasteiger partial charge in [-0.2, -0.15) is 0 Å². The average molecular weight is 635 g/mol. The van der Waals surface area contributed by atoms with E-state index in [9.17, 15) is 8.42 Å². The summed E-state index contributed by atoms with van der Waals surface area (Å²) in [5, 5.41) is 0. The Labute approximate surface area is 269 Å². The molecule has 6 nitrogen and oxygen atoms in total. The van der Waals surface area contributed by atoms with Crippen LogP contribution in [0.1, 0.15) is 93.0 Å². The van der Waals surface area contributed by atoms with Gasteiger partial charge in [0.25, 0.3) is 0 Å². The molecule has 0 bridgehead atoms. The molecule has 0 saturated heterocycles. The minimum absolute atomic E-state index is 0.0312. The van der Waals surface area contributed by atoms with Gasteiger partial charge in [-0.3, -0.25) is 9.20 Å². The molecule has 4 atom stereocenters. The summed E-state index contributed by atoms with van der Waals surface area (Å²) in [6, 6.07) is 17.1. The number of H-pyrrole nitrogens is 1. The molecule has 1 aromatic heterocycles. The van der Waals surface area contributed by atoms with Gasteiger partial charge in [-0.05, 0) is 81.2 Å². The molecule has 4 rings (SSSR count). The maximum atomic E-state index is 12.9. The molecule has 0 radical (unpaired) electrons. The van der Waals surface area contributed by atoms with Gasteiger partial charge in [0.15, 0.2) is 0 Å². The Kier molecular flexibility index (Phi) is 10.7. The summed E-state index contributed by atoms with van der Waals surface area (Å²) >= 11 is 0. The summed E-state index contributed by atoms with van der Waals surface area (Å²) in [4.78, 5) is 13.0.